The fourth-order valence-corrected chi connectivity index (χ4v) is 4.18. The van der Waals surface area contributed by atoms with Crippen molar-refractivity contribution >= 4 is 17.1 Å². The largest absolute Gasteiger partial charge is 0.299 e. The van der Waals surface area contributed by atoms with Crippen molar-refractivity contribution in [3.8, 4) is 21.6 Å². The van der Waals surface area contributed by atoms with E-state index in [4.69, 9.17) is 0 Å². The molecule has 4 aromatic rings. The molecule has 2 heterocycles. The number of Topliss-reactive ketones (excluding diaryl/α,β-unsaturated/α-hetero) is 1. The van der Waals surface area contributed by atoms with Crippen LogP contribution in [0.5, 0.6) is 0 Å². The van der Waals surface area contributed by atoms with E-state index in [-0.39, 0.29) is 5.78 Å². The number of ketones is 1. The Balaban J connectivity index is 1.46. The van der Waals surface area contributed by atoms with Crippen LogP contribution < -0.4 is 0 Å². The molecule has 0 bridgehead atoms. The normalized spacial score (nSPS) is 10.8. The topological polar surface area (TPSA) is 30.0 Å². The molecule has 0 fully saturated rings. The molecule has 0 aliphatic rings. The molecular weight excluding hydrogens is 362 g/mol. The van der Waals surface area contributed by atoms with Gasteiger partial charge in [-0.3, -0.25) is 9.78 Å². The summed E-state index contributed by atoms with van der Waals surface area (Å²) in [5, 5.41) is 2.07. The number of aromatic nitrogens is 1. The summed E-state index contributed by atoms with van der Waals surface area (Å²) < 4.78 is 0. The van der Waals surface area contributed by atoms with Crippen molar-refractivity contribution in [2.24, 2.45) is 0 Å². The first-order valence-electron chi connectivity index (χ1n) is 9.34. The summed E-state index contributed by atoms with van der Waals surface area (Å²) in [6.07, 6.45) is 2.74. The first kappa shape index (κ1) is 18.3. The van der Waals surface area contributed by atoms with E-state index in [1.54, 1.807) is 11.3 Å². The van der Waals surface area contributed by atoms with Gasteiger partial charge in [0.25, 0.3) is 0 Å². The lowest BCUT2D eigenvalue weighted by Gasteiger charge is -2.08. The molecular formula is C25H21NOS. The van der Waals surface area contributed by atoms with Crippen molar-refractivity contribution < 1.29 is 4.79 Å². The molecule has 0 saturated heterocycles. The van der Waals surface area contributed by atoms with Crippen molar-refractivity contribution in [3.05, 3.63) is 101 Å². The van der Waals surface area contributed by atoms with Gasteiger partial charge < -0.3 is 0 Å². The third kappa shape index (κ3) is 4.26. The van der Waals surface area contributed by atoms with Gasteiger partial charge >= 0.3 is 0 Å². The first-order valence-corrected chi connectivity index (χ1v) is 10.2. The van der Waals surface area contributed by atoms with E-state index in [0.29, 0.717) is 12.8 Å². The SMILES string of the molecule is Cc1cc(-c2ccc(CC(=O)Cc3ccccc3-c3cccs3)cc2)ccn1. The Hall–Kier alpha value is -3.04. The Morgan fingerprint density at radius 2 is 1.71 bits per heavy atom. The van der Waals surface area contributed by atoms with E-state index < -0.39 is 0 Å². The minimum atomic E-state index is 0.233. The van der Waals surface area contributed by atoms with Crippen LogP contribution in [-0.4, -0.2) is 10.8 Å². The standard InChI is InChI=1S/C25H21NOS/c1-18-15-21(12-13-26-18)20-10-8-19(9-11-20)16-23(27)17-22-5-2-3-6-24(22)25-7-4-14-28-25/h2-15H,16-17H2,1H3. The summed E-state index contributed by atoms with van der Waals surface area (Å²) >= 11 is 1.71. The molecule has 0 N–H and O–H groups in total. The van der Waals surface area contributed by atoms with E-state index in [0.717, 1.165) is 33.5 Å². The fourth-order valence-electron chi connectivity index (χ4n) is 3.39. The Morgan fingerprint density at radius 3 is 2.46 bits per heavy atom. The van der Waals surface area contributed by atoms with Gasteiger partial charge in [0.1, 0.15) is 5.78 Å². The lowest BCUT2D eigenvalue weighted by atomic mass is 9.97. The molecule has 0 saturated carbocycles. The molecule has 3 heteroatoms. The number of hydrogen-bond donors (Lipinski definition) is 0. The van der Waals surface area contributed by atoms with Gasteiger partial charge in [-0.2, -0.15) is 0 Å². The highest BCUT2D eigenvalue weighted by Gasteiger charge is 2.11. The summed E-state index contributed by atoms with van der Waals surface area (Å²) in [4.78, 5) is 18.2. The Labute approximate surface area is 169 Å². The molecule has 0 spiro atoms. The maximum Gasteiger partial charge on any atom is 0.141 e. The molecule has 28 heavy (non-hydrogen) atoms. The number of aryl methyl sites for hydroxylation is 1. The summed E-state index contributed by atoms with van der Waals surface area (Å²) in [6.45, 7) is 1.99. The van der Waals surface area contributed by atoms with Gasteiger partial charge in [0.15, 0.2) is 0 Å². The maximum atomic E-state index is 12.7. The van der Waals surface area contributed by atoms with E-state index in [2.05, 4.69) is 46.8 Å². The summed E-state index contributed by atoms with van der Waals surface area (Å²) in [5.74, 6) is 0.233. The van der Waals surface area contributed by atoms with Crippen molar-refractivity contribution in [3.63, 3.8) is 0 Å². The minimum absolute atomic E-state index is 0.233. The second kappa shape index (κ2) is 8.32. The van der Waals surface area contributed by atoms with Gasteiger partial charge in [-0.15, -0.1) is 11.3 Å². The van der Waals surface area contributed by atoms with Crippen LogP contribution in [0.4, 0.5) is 0 Å². The van der Waals surface area contributed by atoms with Gasteiger partial charge in [0.05, 0.1) is 0 Å². The molecule has 4 rings (SSSR count). The molecule has 2 aromatic heterocycles. The molecule has 138 valence electrons. The number of pyridine rings is 1. The van der Waals surface area contributed by atoms with Crippen molar-refractivity contribution in [1.29, 1.82) is 0 Å². The summed E-state index contributed by atoms with van der Waals surface area (Å²) in [6, 6.07) is 24.7. The monoisotopic (exact) mass is 383 g/mol. The van der Waals surface area contributed by atoms with E-state index in [1.807, 2.05) is 49.5 Å². The van der Waals surface area contributed by atoms with Gasteiger partial charge in [-0.1, -0.05) is 54.6 Å². The molecule has 2 nitrogen and oxygen atoms in total. The van der Waals surface area contributed by atoms with Crippen LogP contribution in [0, 0.1) is 6.92 Å². The first-order chi connectivity index (χ1) is 13.7. The maximum absolute atomic E-state index is 12.7. The predicted molar refractivity (Wildman–Crippen MR) is 117 cm³/mol. The number of carbonyl (C=O) groups is 1. The third-order valence-electron chi connectivity index (χ3n) is 4.78. The zero-order valence-electron chi connectivity index (χ0n) is 15.8. The van der Waals surface area contributed by atoms with Gasteiger partial charge in [0, 0.05) is 29.6 Å². The number of nitrogens with zero attached hydrogens (tertiary/aromatic N) is 1. The molecule has 0 aliphatic heterocycles. The molecule has 0 aliphatic carbocycles. The quantitative estimate of drug-likeness (QED) is 0.400. The Kier molecular flexibility index (Phi) is 5.45. The highest BCUT2D eigenvalue weighted by atomic mass is 32.1. The lowest BCUT2D eigenvalue weighted by Crippen LogP contribution is -2.07. The zero-order valence-corrected chi connectivity index (χ0v) is 16.6. The fraction of sp³-hybridized carbons (Fsp3) is 0.120. The second-order valence-electron chi connectivity index (χ2n) is 6.91. The van der Waals surface area contributed by atoms with E-state index >= 15 is 0 Å². The second-order valence-corrected chi connectivity index (χ2v) is 7.86. The van der Waals surface area contributed by atoms with Crippen LogP contribution in [0.25, 0.3) is 21.6 Å². The number of thiophene rings is 1. The summed E-state index contributed by atoms with van der Waals surface area (Å²) in [7, 11) is 0. The Morgan fingerprint density at radius 1 is 0.893 bits per heavy atom. The van der Waals surface area contributed by atoms with E-state index in [1.165, 1.54) is 4.88 Å². The summed E-state index contributed by atoms with van der Waals surface area (Å²) in [5.41, 5.74) is 6.60. The lowest BCUT2D eigenvalue weighted by molar-refractivity contribution is -0.117. The number of benzene rings is 2. The number of rotatable bonds is 6. The van der Waals surface area contributed by atoms with Crippen LogP contribution in [0.15, 0.2) is 84.4 Å². The van der Waals surface area contributed by atoms with Crippen LogP contribution in [-0.2, 0) is 17.6 Å². The van der Waals surface area contributed by atoms with Gasteiger partial charge in [-0.05, 0) is 58.3 Å². The predicted octanol–water partition coefficient (Wildman–Crippen LogP) is 6.14. The average Bonchev–Trinajstić information content (AvgIpc) is 3.23. The molecule has 0 unspecified atom stereocenters. The number of carbonyl (C=O) groups excluding carboxylic acids is 1. The molecule has 0 amide bonds. The highest BCUT2D eigenvalue weighted by Crippen LogP contribution is 2.28. The highest BCUT2D eigenvalue weighted by molar-refractivity contribution is 7.13. The van der Waals surface area contributed by atoms with Crippen molar-refractivity contribution in [2.75, 3.05) is 0 Å². The Bertz CT molecular complexity index is 1080. The smallest absolute Gasteiger partial charge is 0.141 e. The molecule has 2 aromatic carbocycles. The zero-order chi connectivity index (χ0) is 19.3. The van der Waals surface area contributed by atoms with Crippen LogP contribution >= 0.6 is 11.3 Å². The van der Waals surface area contributed by atoms with Gasteiger partial charge in [0.2, 0.25) is 0 Å². The van der Waals surface area contributed by atoms with Crippen molar-refractivity contribution in [2.45, 2.75) is 19.8 Å². The van der Waals surface area contributed by atoms with Crippen LogP contribution in [0.3, 0.4) is 0 Å². The number of hydrogen-bond acceptors (Lipinski definition) is 3. The molecule has 0 atom stereocenters. The molecule has 0 radical (unpaired) electrons. The van der Waals surface area contributed by atoms with Crippen LogP contribution in [0.1, 0.15) is 16.8 Å². The van der Waals surface area contributed by atoms with Gasteiger partial charge in [-0.25, -0.2) is 0 Å². The van der Waals surface area contributed by atoms with Crippen molar-refractivity contribution in [1.82, 2.24) is 4.98 Å². The minimum Gasteiger partial charge on any atom is -0.299 e. The average molecular weight is 384 g/mol. The third-order valence-corrected chi connectivity index (χ3v) is 5.68. The van der Waals surface area contributed by atoms with E-state index in [9.17, 15) is 4.79 Å². The van der Waals surface area contributed by atoms with Crippen LogP contribution in [0.2, 0.25) is 0 Å².